The Morgan fingerprint density at radius 2 is 1.28 bits per heavy atom. The molecule has 2 N–H and O–H groups in total. The lowest BCUT2D eigenvalue weighted by molar-refractivity contribution is 0.0846. The number of sulfonamides is 1. The van der Waals surface area contributed by atoms with E-state index < -0.39 is 31.7 Å². The lowest BCUT2D eigenvalue weighted by Gasteiger charge is -2.32. The second kappa shape index (κ2) is 9.39. The summed E-state index contributed by atoms with van der Waals surface area (Å²) in [4.78, 5) is 24.7. The number of hydrogen-bond acceptors (Lipinski definition) is 6. The maximum absolute atomic E-state index is 12.9. The number of hydrogen-bond donors (Lipinski definition) is 2. The Morgan fingerprint density at radius 1 is 0.812 bits per heavy atom. The van der Waals surface area contributed by atoms with Crippen molar-refractivity contribution in [1.29, 1.82) is 0 Å². The number of carbonyl (C=O) groups is 2. The van der Waals surface area contributed by atoms with Gasteiger partial charge in [0.25, 0.3) is 11.8 Å². The largest absolute Gasteiger partial charge is 0.269 e. The molecule has 3 rings (SSSR count). The maximum Gasteiger partial charge on any atom is 0.269 e. The van der Waals surface area contributed by atoms with Gasteiger partial charge >= 0.3 is 0 Å². The number of amides is 2. The minimum Gasteiger partial charge on any atom is -0.267 e. The summed E-state index contributed by atoms with van der Waals surface area (Å²) in [5, 5.41) is 0. The van der Waals surface area contributed by atoms with Gasteiger partial charge < -0.3 is 0 Å². The summed E-state index contributed by atoms with van der Waals surface area (Å²) in [5.41, 5.74) is 4.83. The lowest BCUT2D eigenvalue weighted by Crippen LogP contribution is -2.42. The van der Waals surface area contributed by atoms with Crippen LogP contribution in [0.4, 0.5) is 0 Å². The van der Waals surface area contributed by atoms with Gasteiger partial charge in [-0.25, -0.2) is 16.8 Å². The van der Waals surface area contributed by atoms with Gasteiger partial charge in [0, 0.05) is 30.0 Å². The summed E-state index contributed by atoms with van der Waals surface area (Å²) < 4.78 is 50.2. The first-order chi connectivity index (χ1) is 15.0. The van der Waals surface area contributed by atoms with E-state index in [0.29, 0.717) is 6.54 Å². The molecule has 172 valence electrons. The van der Waals surface area contributed by atoms with Crippen LogP contribution in [-0.4, -0.2) is 51.8 Å². The van der Waals surface area contributed by atoms with Crippen molar-refractivity contribution in [3.63, 3.8) is 0 Å². The highest BCUT2D eigenvalue weighted by Gasteiger charge is 2.30. The molecule has 9 nitrogen and oxygen atoms in total. The Labute approximate surface area is 187 Å². The molecule has 0 aromatic heterocycles. The molecule has 0 radical (unpaired) electrons. The molecule has 11 heteroatoms. The van der Waals surface area contributed by atoms with Crippen molar-refractivity contribution in [2.75, 3.05) is 12.8 Å². The topological polar surface area (TPSA) is 130 Å². The predicted octanol–water partition coefficient (Wildman–Crippen LogP) is 1.73. The standard InChI is InChI=1S/C21H25N3O6S2/c1-15-5-3-4-14-24(15)32(29,30)19-12-8-17(9-13-19)21(26)23-22-20(25)16-6-10-18(11-7-16)31(2,27)28/h6-13,15H,3-5,14H2,1-2H3,(H,22,25)(H,23,26). The second-order valence-electron chi connectivity index (χ2n) is 7.69. The molecular formula is C21H25N3O6S2. The third-order valence-electron chi connectivity index (χ3n) is 5.30. The molecule has 2 aromatic rings. The van der Waals surface area contributed by atoms with Gasteiger partial charge in [-0.15, -0.1) is 0 Å². The zero-order chi connectivity index (χ0) is 23.5. The van der Waals surface area contributed by atoms with Crippen molar-refractivity contribution in [2.45, 2.75) is 42.0 Å². The van der Waals surface area contributed by atoms with Crippen LogP contribution in [-0.2, 0) is 19.9 Å². The summed E-state index contributed by atoms with van der Waals surface area (Å²) in [6.07, 6.45) is 3.70. The Morgan fingerprint density at radius 3 is 1.72 bits per heavy atom. The highest BCUT2D eigenvalue weighted by molar-refractivity contribution is 7.90. The molecule has 1 unspecified atom stereocenters. The normalized spacial score (nSPS) is 17.5. The van der Waals surface area contributed by atoms with E-state index in [1.807, 2.05) is 6.92 Å². The Bertz CT molecular complexity index is 1210. The van der Waals surface area contributed by atoms with Gasteiger partial charge in [0.05, 0.1) is 9.79 Å². The number of rotatable bonds is 5. The minimum absolute atomic E-state index is 0.0709. The van der Waals surface area contributed by atoms with Gasteiger partial charge in [-0.2, -0.15) is 4.31 Å². The zero-order valence-electron chi connectivity index (χ0n) is 17.7. The molecule has 0 aliphatic carbocycles. The molecule has 2 aromatic carbocycles. The van der Waals surface area contributed by atoms with Crippen LogP contribution in [0.25, 0.3) is 0 Å². The molecule has 0 saturated carbocycles. The number of nitrogens with one attached hydrogen (secondary N) is 2. The lowest BCUT2D eigenvalue weighted by atomic mass is 10.1. The summed E-state index contributed by atoms with van der Waals surface area (Å²) in [7, 11) is -7.02. The second-order valence-corrected chi connectivity index (χ2v) is 11.6. The monoisotopic (exact) mass is 479 g/mol. The molecule has 1 aliphatic rings. The van der Waals surface area contributed by atoms with Gasteiger partial charge in [0.2, 0.25) is 10.0 Å². The van der Waals surface area contributed by atoms with Gasteiger partial charge in [0.15, 0.2) is 9.84 Å². The number of benzene rings is 2. The highest BCUT2D eigenvalue weighted by Crippen LogP contribution is 2.25. The van der Waals surface area contributed by atoms with Crippen molar-refractivity contribution < 1.29 is 26.4 Å². The molecule has 1 heterocycles. The Hall–Kier alpha value is -2.76. The average Bonchev–Trinajstić information content (AvgIpc) is 2.77. The number of hydrazine groups is 1. The van der Waals surface area contributed by atoms with Gasteiger partial charge in [-0.1, -0.05) is 6.42 Å². The van der Waals surface area contributed by atoms with E-state index in [2.05, 4.69) is 10.9 Å². The van der Waals surface area contributed by atoms with E-state index in [1.54, 1.807) is 0 Å². The molecule has 32 heavy (non-hydrogen) atoms. The van der Waals surface area contributed by atoms with Crippen LogP contribution in [0, 0.1) is 0 Å². The molecular weight excluding hydrogens is 454 g/mol. The van der Waals surface area contributed by atoms with E-state index in [9.17, 15) is 26.4 Å². The van der Waals surface area contributed by atoms with Crippen molar-refractivity contribution in [3.05, 3.63) is 59.7 Å². The van der Waals surface area contributed by atoms with Crippen molar-refractivity contribution >= 4 is 31.7 Å². The molecule has 0 bridgehead atoms. The molecule has 1 atom stereocenters. The fraction of sp³-hybridized carbons (Fsp3) is 0.333. The summed E-state index contributed by atoms with van der Waals surface area (Å²) in [6.45, 7) is 2.36. The average molecular weight is 480 g/mol. The first-order valence-electron chi connectivity index (χ1n) is 10.0. The minimum atomic E-state index is -3.64. The molecule has 2 amide bonds. The summed E-state index contributed by atoms with van der Waals surface area (Å²) in [6, 6.07) is 10.7. The number of nitrogens with zero attached hydrogens (tertiary/aromatic N) is 1. The van der Waals surface area contributed by atoms with Crippen LogP contribution < -0.4 is 10.9 Å². The highest BCUT2D eigenvalue weighted by atomic mass is 32.2. The SMILES string of the molecule is CC1CCCCN1S(=O)(=O)c1ccc(C(=O)NNC(=O)c2ccc(S(C)(=O)=O)cc2)cc1. The Kier molecular flexibility index (Phi) is 7.01. The van der Waals surface area contributed by atoms with E-state index in [-0.39, 0.29) is 27.0 Å². The van der Waals surface area contributed by atoms with Gasteiger partial charge in [0.1, 0.15) is 0 Å². The number of piperidine rings is 1. The first-order valence-corrected chi connectivity index (χ1v) is 13.4. The maximum atomic E-state index is 12.9. The Balaban J connectivity index is 1.63. The van der Waals surface area contributed by atoms with E-state index >= 15 is 0 Å². The molecule has 1 saturated heterocycles. The van der Waals surface area contributed by atoms with Crippen LogP contribution >= 0.6 is 0 Å². The quantitative estimate of drug-likeness (QED) is 0.628. The van der Waals surface area contributed by atoms with Gasteiger partial charge in [-0.05, 0) is 68.3 Å². The van der Waals surface area contributed by atoms with Crippen LogP contribution in [0.15, 0.2) is 58.3 Å². The van der Waals surface area contributed by atoms with Crippen LogP contribution in [0.1, 0.15) is 46.9 Å². The zero-order valence-corrected chi connectivity index (χ0v) is 19.4. The van der Waals surface area contributed by atoms with Crippen LogP contribution in [0.2, 0.25) is 0 Å². The van der Waals surface area contributed by atoms with E-state index in [0.717, 1.165) is 25.5 Å². The van der Waals surface area contributed by atoms with Gasteiger partial charge in [-0.3, -0.25) is 20.4 Å². The summed E-state index contributed by atoms with van der Waals surface area (Å²) in [5.74, 6) is -1.25. The summed E-state index contributed by atoms with van der Waals surface area (Å²) >= 11 is 0. The smallest absolute Gasteiger partial charge is 0.267 e. The third-order valence-corrected chi connectivity index (χ3v) is 8.46. The van der Waals surface area contributed by atoms with Crippen LogP contribution in [0.5, 0.6) is 0 Å². The molecule has 1 aliphatic heterocycles. The molecule has 1 fully saturated rings. The first kappa shape index (κ1) is 23.9. The third kappa shape index (κ3) is 5.34. The number of carbonyl (C=O) groups excluding carboxylic acids is 2. The van der Waals surface area contributed by atoms with E-state index in [4.69, 9.17) is 0 Å². The van der Waals surface area contributed by atoms with Crippen molar-refractivity contribution in [3.8, 4) is 0 Å². The predicted molar refractivity (Wildman–Crippen MR) is 118 cm³/mol. The fourth-order valence-electron chi connectivity index (χ4n) is 3.45. The van der Waals surface area contributed by atoms with E-state index in [1.165, 1.54) is 52.8 Å². The van der Waals surface area contributed by atoms with Crippen LogP contribution in [0.3, 0.4) is 0 Å². The molecule has 0 spiro atoms. The van der Waals surface area contributed by atoms with Crippen molar-refractivity contribution in [1.82, 2.24) is 15.2 Å². The number of sulfone groups is 1. The van der Waals surface area contributed by atoms with Crippen molar-refractivity contribution in [2.24, 2.45) is 0 Å². The fourth-order valence-corrected chi connectivity index (χ4v) is 5.78.